The standard InChI is InChI=1S/C19H20FN3O3/c1-26-17-7-5-15(6-8-17)21-19(25)22-16-10-18(24)23(12-16)11-13-3-2-4-14(20)9-13/h2-9,16H,10-12H2,1H3,(H2,21,22,25)/t16-/m0/s1. The lowest BCUT2D eigenvalue weighted by Crippen LogP contribution is -2.39. The number of hydrogen-bond donors (Lipinski definition) is 2. The van der Waals surface area contributed by atoms with Crippen molar-refractivity contribution >= 4 is 17.6 Å². The molecular formula is C19H20FN3O3. The summed E-state index contributed by atoms with van der Waals surface area (Å²) in [6, 6.07) is 12.5. The van der Waals surface area contributed by atoms with E-state index < -0.39 is 0 Å². The first-order chi connectivity index (χ1) is 12.5. The highest BCUT2D eigenvalue weighted by molar-refractivity contribution is 5.90. The van der Waals surface area contributed by atoms with Gasteiger partial charge in [0.1, 0.15) is 11.6 Å². The van der Waals surface area contributed by atoms with Crippen LogP contribution in [0.1, 0.15) is 12.0 Å². The van der Waals surface area contributed by atoms with E-state index in [-0.39, 0.29) is 30.2 Å². The summed E-state index contributed by atoms with van der Waals surface area (Å²) in [4.78, 5) is 25.9. The quantitative estimate of drug-likeness (QED) is 0.864. The maximum atomic E-state index is 13.3. The third-order valence-corrected chi connectivity index (χ3v) is 4.16. The fraction of sp³-hybridized carbons (Fsp3) is 0.263. The molecule has 0 unspecified atom stereocenters. The second-order valence-corrected chi connectivity index (χ2v) is 6.13. The Morgan fingerprint density at radius 1 is 1.27 bits per heavy atom. The van der Waals surface area contributed by atoms with E-state index in [2.05, 4.69) is 10.6 Å². The van der Waals surface area contributed by atoms with Gasteiger partial charge < -0.3 is 20.3 Å². The van der Waals surface area contributed by atoms with E-state index in [1.165, 1.54) is 12.1 Å². The van der Waals surface area contributed by atoms with Crippen molar-refractivity contribution in [2.45, 2.75) is 19.0 Å². The smallest absolute Gasteiger partial charge is 0.319 e. The Kier molecular flexibility index (Phi) is 5.36. The van der Waals surface area contributed by atoms with Gasteiger partial charge >= 0.3 is 6.03 Å². The van der Waals surface area contributed by atoms with Crippen molar-refractivity contribution in [2.75, 3.05) is 19.0 Å². The van der Waals surface area contributed by atoms with Crippen LogP contribution in [0.25, 0.3) is 0 Å². The molecule has 1 atom stereocenters. The first-order valence-corrected chi connectivity index (χ1v) is 8.27. The van der Waals surface area contributed by atoms with Gasteiger partial charge in [0.2, 0.25) is 5.91 Å². The Bertz CT molecular complexity index is 795. The molecule has 3 amide bonds. The van der Waals surface area contributed by atoms with Gasteiger partial charge in [-0.15, -0.1) is 0 Å². The number of benzene rings is 2. The van der Waals surface area contributed by atoms with E-state index in [4.69, 9.17) is 4.74 Å². The number of nitrogens with one attached hydrogen (secondary N) is 2. The van der Waals surface area contributed by atoms with Gasteiger partial charge in [-0.3, -0.25) is 4.79 Å². The van der Waals surface area contributed by atoms with Crippen LogP contribution in [0, 0.1) is 5.82 Å². The van der Waals surface area contributed by atoms with Crippen LogP contribution in [0.5, 0.6) is 5.75 Å². The van der Waals surface area contributed by atoms with Crippen molar-refractivity contribution in [3.05, 3.63) is 59.9 Å². The molecule has 2 aromatic rings. The molecule has 1 aliphatic rings. The zero-order valence-corrected chi connectivity index (χ0v) is 14.4. The predicted octanol–water partition coefficient (Wildman–Crippen LogP) is 2.76. The Labute approximate surface area is 150 Å². The summed E-state index contributed by atoms with van der Waals surface area (Å²) in [7, 11) is 1.57. The van der Waals surface area contributed by atoms with Crippen LogP contribution in [0.3, 0.4) is 0 Å². The molecule has 2 aromatic carbocycles. The third-order valence-electron chi connectivity index (χ3n) is 4.16. The molecule has 0 aliphatic carbocycles. The number of methoxy groups -OCH3 is 1. The summed E-state index contributed by atoms with van der Waals surface area (Å²) in [5.74, 6) is 0.303. The largest absolute Gasteiger partial charge is 0.497 e. The van der Waals surface area contributed by atoms with Crippen LogP contribution >= 0.6 is 0 Å². The van der Waals surface area contributed by atoms with E-state index in [1.807, 2.05) is 0 Å². The molecule has 1 saturated heterocycles. The molecular weight excluding hydrogens is 337 g/mol. The molecule has 1 heterocycles. The summed E-state index contributed by atoms with van der Waals surface area (Å²) < 4.78 is 18.3. The highest BCUT2D eigenvalue weighted by atomic mass is 19.1. The van der Waals surface area contributed by atoms with Crippen LogP contribution in [-0.2, 0) is 11.3 Å². The molecule has 3 rings (SSSR count). The van der Waals surface area contributed by atoms with E-state index >= 15 is 0 Å². The topological polar surface area (TPSA) is 70.7 Å². The lowest BCUT2D eigenvalue weighted by molar-refractivity contribution is -0.128. The van der Waals surface area contributed by atoms with Crippen LogP contribution < -0.4 is 15.4 Å². The van der Waals surface area contributed by atoms with Gasteiger partial charge in [-0.05, 0) is 42.0 Å². The summed E-state index contributed by atoms with van der Waals surface area (Å²) in [5, 5.41) is 5.52. The molecule has 1 fully saturated rings. The number of carbonyl (C=O) groups is 2. The fourth-order valence-corrected chi connectivity index (χ4v) is 2.90. The van der Waals surface area contributed by atoms with E-state index in [9.17, 15) is 14.0 Å². The van der Waals surface area contributed by atoms with Gasteiger partial charge in [0.15, 0.2) is 0 Å². The number of amides is 3. The zero-order chi connectivity index (χ0) is 18.5. The highest BCUT2D eigenvalue weighted by Gasteiger charge is 2.30. The Morgan fingerprint density at radius 2 is 2.04 bits per heavy atom. The first-order valence-electron chi connectivity index (χ1n) is 8.27. The average molecular weight is 357 g/mol. The monoisotopic (exact) mass is 357 g/mol. The van der Waals surface area contributed by atoms with Crippen LogP contribution in [0.4, 0.5) is 14.9 Å². The molecule has 0 radical (unpaired) electrons. The number of halogens is 1. The summed E-state index contributed by atoms with van der Waals surface area (Å²) in [6.45, 7) is 0.722. The van der Waals surface area contributed by atoms with Gasteiger partial charge in [0, 0.05) is 25.2 Å². The number of carbonyl (C=O) groups excluding carboxylic acids is 2. The Hall–Kier alpha value is -3.09. The second-order valence-electron chi connectivity index (χ2n) is 6.13. The molecule has 0 spiro atoms. The van der Waals surface area contributed by atoms with Crippen molar-refractivity contribution in [3.8, 4) is 5.75 Å². The summed E-state index contributed by atoms with van der Waals surface area (Å²) >= 11 is 0. The maximum Gasteiger partial charge on any atom is 0.319 e. The molecule has 0 aromatic heterocycles. The molecule has 0 saturated carbocycles. The second kappa shape index (κ2) is 7.86. The molecule has 1 aliphatic heterocycles. The van der Waals surface area contributed by atoms with Crippen molar-refractivity contribution < 1.29 is 18.7 Å². The Balaban J connectivity index is 1.52. The maximum absolute atomic E-state index is 13.3. The van der Waals surface area contributed by atoms with Crippen LogP contribution in [-0.4, -0.2) is 36.5 Å². The first kappa shape index (κ1) is 17.7. The number of hydrogen-bond acceptors (Lipinski definition) is 3. The number of ether oxygens (including phenoxy) is 1. The van der Waals surface area contributed by atoms with Gasteiger partial charge in [-0.25, -0.2) is 9.18 Å². The van der Waals surface area contributed by atoms with Crippen molar-refractivity contribution in [1.82, 2.24) is 10.2 Å². The Morgan fingerprint density at radius 3 is 2.73 bits per heavy atom. The van der Waals surface area contributed by atoms with E-state index in [0.717, 1.165) is 5.56 Å². The number of rotatable bonds is 5. The third kappa shape index (κ3) is 4.50. The molecule has 0 bridgehead atoms. The van der Waals surface area contributed by atoms with Gasteiger partial charge in [-0.1, -0.05) is 12.1 Å². The number of nitrogens with zero attached hydrogens (tertiary/aromatic N) is 1. The minimum absolute atomic E-state index is 0.0657. The van der Waals surface area contributed by atoms with Crippen molar-refractivity contribution in [1.29, 1.82) is 0 Å². The molecule has 7 heteroatoms. The summed E-state index contributed by atoms with van der Waals surface area (Å²) in [6.07, 6.45) is 0.228. The normalized spacial score (nSPS) is 16.5. The van der Waals surface area contributed by atoms with E-state index in [1.54, 1.807) is 48.4 Å². The van der Waals surface area contributed by atoms with Crippen LogP contribution in [0.2, 0.25) is 0 Å². The lowest BCUT2D eigenvalue weighted by atomic mass is 10.2. The zero-order valence-electron chi connectivity index (χ0n) is 14.4. The molecule has 136 valence electrons. The molecule has 6 nitrogen and oxygen atoms in total. The number of likely N-dealkylation sites (tertiary alicyclic amines) is 1. The van der Waals surface area contributed by atoms with Crippen molar-refractivity contribution in [3.63, 3.8) is 0 Å². The lowest BCUT2D eigenvalue weighted by Gasteiger charge is -2.17. The SMILES string of the molecule is COc1ccc(NC(=O)N[C@H]2CC(=O)N(Cc3cccc(F)c3)C2)cc1. The average Bonchev–Trinajstić information content (AvgIpc) is 2.94. The predicted molar refractivity (Wildman–Crippen MR) is 95.4 cm³/mol. The number of urea groups is 1. The van der Waals surface area contributed by atoms with Gasteiger partial charge in [-0.2, -0.15) is 0 Å². The number of anilines is 1. The van der Waals surface area contributed by atoms with Crippen LogP contribution in [0.15, 0.2) is 48.5 Å². The van der Waals surface area contributed by atoms with Gasteiger partial charge in [0.25, 0.3) is 0 Å². The van der Waals surface area contributed by atoms with Gasteiger partial charge in [0.05, 0.1) is 13.2 Å². The fourth-order valence-electron chi connectivity index (χ4n) is 2.90. The summed E-state index contributed by atoms with van der Waals surface area (Å²) in [5.41, 5.74) is 1.35. The van der Waals surface area contributed by atoms with E-state index in [0.29, 0.717) is 24.5 Å². The molecule has 26 heavy (non-hydrogen) atoms. The highest BCUT2D eigenvalue weighted by Crippen LogP contribution is 2.17. The minimum Gasteiger partial charge on any atom is -0.497 e. The minimum atomic E-state index is -0.374. The van der Waals surface area contributed by atoms with Crippen molar-refractivity contribution in [2.24, 2.45) is 0 Å². The molecule has 2 N–H and O–H groups in total.